The Morgan fingerprint density at radius 2 is 1.86 bits per heavy atom. The molecule has 1 atom stereocenters. The Morgan fingerprint density at radius 3 is 2.50 bits per heavy atom. The van der Waals surface area contributed by atoms with Crippen molar-refractivity contribution >= 4 is 66.8 Å². The second kappa shape index (κ2) is 12.8. The Balaban J connectivity index is 1.54. The van der Waals surface area contributed by atoms with Crippen molar-refractivity contribution in [3.8, 4) is 11.8 Å². The topological polar surface area (TPSA) is 93.7 Å². The van der Waals surface area contributed by atoms with Gasteiger partial charge < -0.3 is 9.47 Å². The van der Waals surface area contributed by atoms with E-state index in [0.717, 1.165) is 11.1 Å². The minimum Gasteiger partial charge on any atom is -0.487 e. The summed E-state index contributed by atoms with van der Waals surface area (Å²) < 4.78 is 14.7. The first-order valence-electron chi connectivity index (χ1n) is 12.8. The lowest BCUT2D eigenvalue weighted by atomic mass is 9.96. The molecule has 0 saturated carbocycles. The highest BCUT2D eigenvalue weighted by molar-refractivity contribution is 9.11. The number of esters is 1. The zero-order valence-corrected chi connectivity index (χ0v) is 27.1. The fourth-order valence-corrected chi connectivity index (χ4v) is 7.30. The number of carbonyl (C=O) groups excluding carboxylic acids is 1. The fourth-order valence-electron chi connectivity index (χ4n) is 4.57. The highest BCUT2D eigenvalue weighted by atomic mass is 79.9. The first-order chi connectivity index (χ1) is 20.2. The molecule has 0 bridgehead atoms. The first-order valence-corrected chi connectivity index (χ1v) is 15.5. The maximum absolute atomic E-state index is 13.9. The van der Waals surface area contributed by atoms with Crippen molar-refractivity contribution < 1.29 is 14.3 Å². The third kappa shape index (κ3) is 6.01. The Bertz CT molecular complexity index is 1940. The second-order valence-electron chi connectivity index (χ2n) is 9.23. The standard InChI is InChI=1S/C31H22Br2ClN3O4S/c1-3-40-30(39)26-17(2)36-31-37(27(26)21-6-4-5-7-24(21)34)29(38)25(42-31)14-20-12-22(32)28(23(33)13-20)41-16-19-10-8-18(15-35)9-11-19/h4-14,27H,3,16H2,1-2H3/b25-14-/t27-/m1/s1. The van der Waals surface area contributed by atoms with Gasteiger partial charge in [-0.2, -0.15) is 5.26 Å². The lowest BCUT2D eigenvalue weighted by Gasteiger charge is -2.25. The van der Waals surface area contributed by atoms with Crippen molar-refractivity contribution in [3.05, 3.63) is 128 Å². The predicted molar refractivity (Wildman–Crippen MR) is 169 cm³/mol. The molecule has 0 N–H and O–H groups in total. The lowest BCUT2D eigenvalue weighted by molar-refractivity contribution is -0.139. The van der Waals surface area contributed by atoms with Gasteiger partial charge in [0.15, 0.2) is 4.80 Å². The van der Waals surface area contributed by atoms with Crippen molar-refractivity contribution in [2.24, 2.45) is 4.99 Å². The van der Waals surface area contributed by atoms with Gasteiger partial charge in [-0.15, -0.1) is 0 Å². The van der Waals surface area contributed by atoms with Gasteiger partial charge in [0.25, 0.3) is 5.56 Å². The average Bonchev–Trinajstić information content (AvgIpc) is 3.26. The monoisotopic (exact) mass is 725 g/mol. The molecule has 0 radical (unpaired) electrons. The van der Waals surface area contributed by atoms with Gasteiger partial charge in [-0.25, -0.2) is 9.79 Å². The highest BCUT2D eigenvalue weighted by Crippen LogP contribution is 2.36. The summed E-state index contributed by atoms with van der Waals surface area (Å²) in [5, 5.41) is 9.43. The van der Waals surface area contributed by atoms with Crippen molar-refractivity contribution in [1.82, 2.24) is 4.57 Å². The number of nitriles is 1. The van der Waals surface area contributed by atoms with E-state index in [4.69, 9.17) is 26.3 Å². The summed E-state index contributed by atoms with van der Waals surface area (Å²) >= 11 is 15.0. The number of hydrogen-bond acceptors (Lipinski definition) is 7. The Morgan fingerprint density at radius 1 is 1.17 bits per heavy atom. The summed E-state index contributed by atoms with van der Waals surface area (Å²) in [5.41, 5.74) is 3.31. The van der Waals surface area contributed by atoms with Gasteiger partial charge in [-0.1, -0.05) is 53.3 Å². The molecular formula is C31H22Br2ClN3O4S. The number of aromatic nitrogens is 1. The van der Waals surface area contributed by atoms with E-state index < -0.39 is 12.0 Å². The summed E-state index contributed by atoms with van der Waals surface area (Å²) in [6.45, 7) is 3.96. The normalized spacial score (nSPS) is 14.7. The van der Waals surface area contributed by atoms with Crippen molar-refractivity contribution in [1.29, 1.82) is 5.26 Å². The number of fused-ring (bicyclic) bond motifs is 1. The van der Waals surface area contributed by atoms with Gasteiger partial charge >= 0.3 is 5.97 Å². The molecule has 1 aliphatic rings. The van der Waals surface area contributed by atoms with E-state index >= 15 is 0 Å². The van der Waals surface area contributed by atoms with Crippen molar-refractivity contribution in [2.75, 3.05) is 6.61 Å². The smallest absolute Gasteiger partial charge is 0.338 e. The van der Waals surface area contributed by atoms with E-state index in [1.165, 1.54) is 15.9 Å². The predicted octanol–water partition coefficient (Wildman–Crippen LogP) is 6.43. The van der Waals surface area contributed by atoms with Crippen LogP contribution in [0, 0.1) is 11.3 Å². The number of hydrogen-bond donors (Lipinski definition) is 0. The van der Waals surface area contributed by atoms with Crippen LogP contribution in [0.15, 0.2) is 90.7 Å². The number of benzene rings is 3. The van der Waals surface area contributed by atoms with E-state index in [0.29, 0.717) is 52.5 Å². The van der Waals surface area contributed by atoms with Crippen LogP contribution in [0.2, 0.25) is 5.02 Å². The summed E-state index contributed by atoms with van der Waals surface area (Å²) in [6.07, 6.45) is 1.77. The molecule has 5 rings (SSSR count). The van der Waals surface area contributed by atoms with Gasteiger partial charge in [0.1, 0.15) is 18.4 Å². The highest BCUT2D eigenvalue weighted by Gasteiger charge is 2.34. The van der Waals surface area contributed by atoms with E-state index in [-0.39, 0.29) is 17.7 Å². The lowest BCUT2D eigenvalue weighted by Crippen LogP contribution is -2.40. The molecule has 7 nitrogen and oxygen atoms in total. The maximum Gasteiger partial charge on any atom is 0.338 e. The number of thiazole rings is 1. The van der Waals surface area contributed by atoms with Crippen LogP contribution >= 0.6 is 54.8 Å². The van der Waals surface area contributed by atoms with Crippen LogP contribution in [0.5, 0.6) is 5.75 Å². The molecule has 0 amide bonds. The molecule has 1 aromatic heterocycles. The van der Waals surface area contributed by atoms with Crippen molar-refractivity contribution in [3.63, 3.8) is 0 Å². The van der Waals surface area contributed by atoms with E-state index in [2.05, 4.69) is 42.9 Å². The molecular weight excluding hydrogens is 706 g/mol. The zero-order chi connectivity index (χ0) is 30.0. The molecule has 0 saturated heterocycles. The third-order valence-corrected chi connectivity index (χ3v) is 9.01. The second-order valence-corrected chi connectivity index (χ2v) is 12.4. The molecule has 0 aliphatic carbocycles. The van der Waals surface area contributed by atoms with E-state index in [9.17, 15) is 9.59 Å². The number of halogens is 3. The van der Waals surface area contributed by atoms with Gasteiger partial charge in [0.05, 0.1) is 43.0 Å². The molecule has 2 heterocycles. The fraction of sp³-hybridized carbons (Fsp3) is 0.161. The molecule has 0 fully saturated rings. The first kappa shape index (κ1) is 30.0. The summed E-state index contributed by atoms with van der Waals surface area (Å²) in [7, 11) is 0. The van der Waals surface area contributed by atoms with Crippen LogP contribution in [0.25, 0.3) is 6.08 Å². The van der Waals surface area contributed by atoms with Crippen LogP contribution < -0.4 is 19.6 Å². The molecule has 0 spiro atoms. The van der Waals surface area contributed by atoms with E-state index in [1.807, 2.05) is 30.3 Å². The number of rotatable bonds is 7. The van der Waals surface area contributed by atoms with Crippen LogP contribution in [0.4, 0.5) is 0 Å². The largest absolute Gasteiger partial charge is 0.487 e. The number of allylic oxidation sites excluding steroid dienone is 1. The Hall–Kier alpha value is -3.49. The molecule has 3 aromatic carbocycles. The summed E-state index contributed by atoms with van der Waals surface area (Å²) in [5.74, 6) is 0.0637. The maximum atomic E-state index is 13.9. The third-order valence-electron chi connectivity index (χ3n) is 6.50. The number of nitrogens with zero attached hydrogens (tertiary/aromatic N) is 3. The molecule has 4 aromatic rings. The molecule has 42 heavy (non-hydrogen) atoms. The summed E-state index contributed by atoms with van der Waals surface area (Å²) in [4.78, 5) is 32.0. The van der Waals surface area contributed by atoms with Crippen LogP contribution in [0.1, 0.15) is 42.1 Å². The van der Waals surface area contributed by atoms with Crippen LogP contribution in [0.3, 0.4) is 0 Å². The number of ether oxygens (including phenoxy) is 2. The quantitative estimate of drug-likeness (QED) is 0.205. The molecule has 1 aliphatic heterocycles. The van der Waals surface area contributed by atoms with E-state index in [1.54, 1.807) is 50.3 Å². The van der Waals surface area contributed by atoms with Crippen LogP contribution in [-0.2, 0) is 16.1 Å². The molecule has 11 heteroatoms. The van der Waals surface area contributed by atoms with Gasteiger partial charge in [0, 0.05) is 5.02 Å². The molecule has 0 unspecified atom stereocenters. The van der Waals surface area contributed by atoms with Crippen molar-refractivity contribution in [2.45, 2.75) is 26.5 Å². The van der Waals surface area contributed by atoms with Crippen LogP contribution in [-0.4, -0.2) is 17.1 Å². The van der Waals surface area contributed by atoms with Gasteiger partial charge in [0.2, 0.25) is 0 Å². The molecule has 212 valence electrons. The zero-order valence-electron chi connectivity index (χ0n) is 22.4. The van der Waals surface area contributed by atoms with Gasteiger partial charge in [-0.05, 0) is 98.8 Å². The Kier molecular flexibility index (Phi) is 9.13. The SMILES string of the molecule is CCOC(=O)C1=C(C)N=c2s/c(=C\c3cc(Br)c(OCc4ccc(C#N)cc4)c(Br)c3)c(=O)n2[C@@H]1c1ccccc1Cl. The Labute approximate surface area is 267 Å². The average molecular weight is 728 g/mol. The van der Waals surface area contributed by atoms with Gasteiger partial charge in [-0.3, -0.25) is 9.36 Å². The minimum absolute atomic E-state index is 0.187. The summed E-state index contributed by atoms with van der Waals surface area (Å²) in [6, 6.07) is 19.4. The number of carbonyl (C=O) groups is 1. The minimum atomic E-state index is -0.785.